The summed E-state index contributed by atoms with van der Waals surface area (Å²) in [5.41, 5.74) is 0.651. The Balaban J connectivity index is 1.51. The monoisotopic (exact) mass is 196 g/mol. The van der Waals surface area contributed by atoms with Gasteiger partial charge in [0.1, 0.15) is 0 Å². The summed E-state index contributed by atoms with van der Waals surface area (Å²) in [5.74, 6) is 0.916. The van der Waals surface area contributed by atoms with Gasteiger partial charge in [0.15, 0.2) is 0 Å². The van der Waals surface area contributed by atoms with Crippen LogP contribution in [-0.2, 0) is 4.74 Å². The Labute approximate surface area is 85.6 Å². The van der Waals surface area contributed by atoms with Crippen LogP contribution in [0.25, 0.3) is 0 Å². The molecule has 3 aliphatic heterocycles. The molecule has 1 atom stereocenters. The maximum Gasteiger partial charge on any atom is 0.0468 e. The van der Waals surface area contributed by atoms with Gasteiger partial charge in [-0.15, -0.1) is 0 Å². The van der Waals surface area contributed by atoms with Gasteiger partial charge in [-0.2, -0.15) is 0 Å². The Kier molecular flexibility index (Phi) is 2.26. The van der Waals surface area contributed by atoms with Crippen LogP contribution in [-0.4, -0.2) is 38.9 Å². The second kappa shape index (κ2) is 3.47. The van der Waals surface area contributed by atoms with Gasteiger partial charge in [-0.3, -0.25) is 0 Å². The molecule has 80 valence electrons. The molecule has 1 unspecified atom stereocenters. The molecule has 0 aliphatic carbocycles. The van der Waals surface area contributed by atoms with Gasteiger partial charge in [-0.1, -0.05) is 0 Å². The molecule has 2 N–H and O–H groups in total. The minimum Gasteiger partial charge on any atom is -0.381 e. The Morgan fingerprint density at radius 1 is 1.14 bits per heavy atom. The standard InChI is InChI=1S/C11H20N2O/c1-3-14-4-2-9(1)5-10-11(8-13-10)6-12-7-11/h9-10,12-13H,1-8H2. The van der Waals surface area contributed by atoms with Crippen LogP contribution < -0.4 is 10.6 Å². The smallest absolute Gasteiger partial charge is 0.0468 e. The van der Waals surface area contributed by atoms with E-state index in [0.29, 0.717) is 5.41 Å². The average molecular weight is 196 g/mol. The molecule has 3 heteroatoms. The lowest BCUT2D eigenvalue weighted by molar-refractivity contribution is -0.00817. The molecule has 0 aromatic carbocycles. The molecular formula is C11H20N2O. The quantitative estimate of drug-likeness (QED) is 0.669. The van der Waals surface area contributed by atoms with E-state index in [1.54, 1.807) is 0 Å². The minimum absolute atomic E-state index is 0.651. The topological polar surface area (TPSA) is 33.3 Å². The lowest BCUT2D eigenvalue weighted by Gasteiger charge is -2.57. The lowest BCUT2D eigenvalue weighted by atomic mass is 9.65. The molecule has 3 heterocycles. The van der Waals surface area contributed by atoms with E-state index in [9.17, 15) is 0 Å². The third-order valence-electron chi connectivity index (χ3n) is 4.30. The molecule has 3 rings (SSSR count). The van der Waals surface area contributed by atoms with Crippen molar-refractivity contribution in [3.05, 3.63) is 0 Å². The third kappa shape index (κ3) is 1.38. The highest BCUT2D eigenvalue weighted by atomic mass is 16.5. The van der Waals surface area contributed by atoms with Gasteiger partial charge in [0.2, 0.25) is 0 Å². The van der Waals surface area contributed by atoms with E-state index in [2.05, 4.69) is 10.6 Å². The van der Waals surface area contributed by atoms with Crippen molar-refractivity contribution in [1.82, 2.24) is 10.6 Å². The highest BCUT2D eigenvalue weighted by Gasteiger charge is 2.50. The van der Waals surface area contributed by atoms with Crippen LogP contribution in [0.4, 0.5) is 0 Å². The van der Waals surface area contributed by atoms with Crippen molar-refractivity contribution in [2.45, 2.75) is 25.3 Å². The fourth-order valence-electron chi connectivity index (χ4n) is 3.00. The zero-order valence-corrected chi connectivity index (χ0v) is 8.72. The molecular weight excluding hydrogens is 176 g/mol. The SMILES string of the molecule is C1CC(CC2NCC23CNC3)CCO1. The molecule has 1 spiro atoms. The van der Waals surface area contributed by atoms with Crippen molar-refractivity contribution < 1.29 is 4.74 Å². The second-order valence-electron chi connectivity index (χ2n) is 5.19. The van der Waals surface area contributed by atoms with Gasteiger partial charge in [0.05, 0.1) is 0 Å². The lowest BCUT2D eigenvalue weighted by Crippen LogP contribution is -2.75. The van der Waals surface area contributed by atoms with E-state index in [0.717, 1.165) is 25.2 Å². The van der Waals surface area contributed by atoms with Crippen LogP contribution in [0.2, 0.25) is 0 Å². The number of rotatable bonds is 2. The molecule has 0 saturated carbocycles. The zero-order valence-electron chi connectivity index (χ0n) is 8.72. The number of ether oxygens (including phenoxy) is 1. The highest BCUT2D eigenvalue weighted by molar-refractivity contribution is 5.10. The fraction of sp³-hybridized carbons (Fsp3) is 1.00. The molecule has 14 heavy (non-hydrogen) atoms. The summed E-state index contributed by atoms with van der Waals surface area (Å²) in [7, 11) is 0. The highest BCUT2D eigenvalue weighted by Crippen LogP contribution is 2.38. The van der Waals surface area contributed by atoms with Gasteiger partial charge in [-0.05, 0) is 25.2 Å². The predicted octanol–water partition coefficient (Wildman–Crippen LogP) is 0.365. The Morgan fingerprint density at radius 3 is 2.43 bits per heavy atom. The summed E-state index contributed by atoms with van der Waals surface area (Å²) in [6.45, 7) is 5.71. The third-order valence-corrected chi connectivity index (χ3v) is 4.30. The molecule has 0 bridgehead atoms. The molecule has 0 amide bonds. The van der Waals surface area contributed by atoms with Gasteiger partial charge in [0, 0.05) is 44.3 Å². The van der Waals surface area contributed by atoms with E-state index in [4.69, 9.17) is 4.74 Å². The molecule has 3 fully saturated rings. The van der Waals surface area contributed by atoms with Gasteiger partial charge in [-0.25, -0.2) is 0 Å². The van der Waals surface area contributed by atoms with Crippen molar-refractivity contribution in [2.75, 3.05) is 32.8 Å². The van der Waals surface area contributed by atoms with Crippen molar-refractivity contribution in [3.63, 3.8) is 0 Å². The van der Waals surface area contributed by atoms with Crippen molar-refractivity contribution in [3.8, 4) is 0 Å². The molecule has 3 aliphatic rings. The molecule has 0 aromatic rings. The van der Waals surface area contributed by atoms with Crippen LogP contribution in [0.1, 0.15) is 19.3 Å². The first-order chi connectivity index (χ1) is 6.89. The summed E-state index contributed by atoms with van der Waals surface area (Å²) in [6.07, 6.45) is 3.94. The molecule has 3 nitrogen and oxygen atoms in total. The predicted molar refractivity (Wildman–Crippen MR) is 55.3 cm³/mol. The van der Waals surface area contributed by atoms with Crippen LogP contribution in [0, 0.1) is 11.3 Å². The maximum atomic E-state index is 5.39. The van der Waals surface area contributed by atoms with E-state index in [1.165, 1.54) is 38.9 Å². The fourth-order valence-corrected chi connectivity index (χ4v) is 3.00. The normalized spacial score (nSPS) is 36.4. The number of hydrogen-bond acceptors (Lipinski definition) is 3. The Morgan fingerprint density at radius 2 is 1.93 bits per heavy atom. The average Bonchev–Trinajstić information content (AvgIpc) is 2.12. The van der Waals surface area contributed by atoms with E-state index in [1.807, 2.05) is 0 Å². The largest absolute Gasteiger partial charge is 0.381 e. The first-order valence-corrected chi connectivity index (χ1v) is 5.91. The van der Waals surface area contributed by atoms with Crippen molar-refractivity contribution in [1.29, 1.82) is 0 Å². The zero-order chi connectivity index (χ0) is 9.43. The van der Waals surface area contributed by atoms with E-state index in [-0.39, 0.29) is 0 Å². The summed E-state index contributed by atoms with van der Waals surface area (Å²) in [6, 6.07) is 0.798. The minimum atomic E-state index is 0.651. The first kappa shape index (κ1) is 9.13. The van der Waals surface area contributed by atoms with Crippen LogP contribution >= 0.6 is 0 Å². The Bertz CT molecular complexity index is 204. The molecule has 0 aromatic heterocycles. The number of nitrogens with one attached hydrogen (secondary N) is 2. The summed E-state index contributed by atoms with van der Waals surface area (Å²) >= 11 is 0. The number of hydrogen-bond donors (Lipinski definition) is 2. The molecule has 3 saturated heterocycles. The van der Waals surface area contributed by atoms with E-state index < -0.39 is 0 Å². The van der Waals surface area contributed by atoms with Crippen molar-refractivity contribution >= 4 is 0 Å². The Hall–Kier alpha value is -0.120. The van der Waals surface area contributed by atoms with Gasteiger partial charge >= 0.3 is 0 Å². The summed E-state index contributed by atoms with van der Waals surface area (Å²) < 4.78 is 5.39. The molecule has 0 radical (unpaired) electrons. The summed E-state index contributed by atoms with van der Waals surface area (Å²) in [4.78, 5) is 0. The van der Waals surface area contributed by atoms with Crippen LogP contribution in [0.15, 0.2) is 0 Å². The van der Waals surface area contributed by atoms with Gasteiger partial charge < -0.3 is 15.4 Å². The maximum absolute atomic E-state index is 5.39. The van der Waals surface area contributed by atoms with Gasteiger partial charge in [0.25, 0.3) is 0 Å². The first-order valence-electron chi connectivity index (χ1n) is 5.91. The van der Waals surface area contributed by atoms with Crippen molar-refractivity contribution in [2.24, 2.45) is 11.3 Å². The van der Waals surface area contributed by atoms with Crippen LogP contribution in [0.3, 0.4) is 0 Å². The van der Waals surface area contributed by atoms with E-state index >= 15 is 0 Å². The summed E-state index contributed by atoms with van der Waals surface area (Å²) in [5, 5.41) is 7.01. The van der Waals surface area contributed by atoms with Crippen LogP contribution in [0.5, 0.6) is 0 Å². The second-order valence-corrected chi connectivity index (χ2v) is 5.19.